The summed E-state index contributed by atoms with van der Waals surface area (Å²) in [7, 11) is 1.57. The highest BCUT2D eigenvalue weighted by atomic mass is 16.5. The van der Waals surface area contributed by atoms with Gasteiger partial charge in [0.25, 0.3) is 0 Å². The molecular weight excluding hydrogens is 318 g/mol. The van der Waals surface area contributed by atoms with Gasteiger partial charge < -0.3 is 15.0 Å². The lowest BCUT2D eigenvalue weighted by Gasteiger charge is -2.29. The van der Waals surface area contributed by atoms with E-state index in [-0.39, 0.29) is 18.0 Å². The van der Waals surface area contributed by atoms with Crippen LogP contribution in [0.1, 0.15) is 36.6 Å². The van der Waals surface area contributed by atoms with E-state index in [1.165, 1.54) is 0 Å². The second kappa shape index (κ2) is 6.76. The number of pyridine rings is 1. The molecule has 1 saturated heterocycles. The van der Waals surface area contributed by atoms with Gasteiger partial charge in [0, 0.05) is 43.5 Å². The third-order valence-electron chi connectivity index (χ3n) is 4.78. The number of rotatable bonds is 6. The molecule has 2 aromatic rings. The zero-order valence-corrected chi connectivity index (χ0v) is 14.1. The van der Waals surface area contributed by atoms with Gasteiger partial charge in [-0.25, -0.2) is 0 Å². The summed E-state index contributed by atoms with van der Waals surface area (Å²) >= 11 is 0. The molecule has 25 heavy (non-hydrogen) atoms. The molecule has 0 aromatic carbocycles. The van der Waals surface area contributed by atoms with Crippen LogP contribution in [-0.4, -0.2) is 45.2 Å². The molecule has 2 atom stereocenters. The zero-order valence-electron chi connectivity index (χ0n) is 14.1. The van der Waals surface area contributed by atoms with E-state index in [1.54, 1.807) is 19.4 Å². The highest BCUT2D eigenvalue weighted by Crippen LogP contribution is 2.41. The Morgan fingerprint density at radius 2 is 2.16 bits per heavy atom. The summed E-state index contributed by atoms with van der Waals surface area (Å²) in [6, 6.07) is 8.10. The number of aromatic nitrogens is 3. The van der Waals surface area contributed by atoms with Crippen molar-refractivity contribution in [1.82, 2.24) is 25.4 Å². The second-order valence-corrected chi connectivity index (χ2v) is 6.52. The van der Waals surface area contributed by atoms with Gasteiger partial charge in [-0.05, 0) is 30.5 Å². The van der Waals surface area contributed by atoms with Crippen LogP contribution in [0.4, 0.5) is 0 Å². The second-order valence-electron chi connectivity index (χ2n) is 6.52. The van der Waals surface area contributed by atoms with Crippen LogP contribution in [0.25, 0.3) is 0 Å². The quantitative estimate of drug-likeness (QED) is 0.858. The van der Waals surface area contributed by atoms with Gasteiger partial charge >= 0.3 is 0 Å². The number of hydrogen-bond donors (Lipinski definition) is 1. The average Bonchev–Trinajstić information content (AvgIpc) is 3.44. The van der Waals surface area contributed by atoms with Gasteiger partial charge in [-0.2, -0.15) is 5.10 Å². The number of ether oxygens (including phenoxy) is 1. The molecular formula is C18H21N5O2. The molecule has 1 saturated carbocycles. The van der Waals surface area contributed by atoms with Crippen LogP contribution in [0.5, 0.6) is 5.88 Å². The van der Waals surface area contributed by atoms with Gasteiger partial charge in [-0.3, -0.25) is 9.78 Å². The molecule has 1 amide bonds. The Labute approximate surface area is 146 Å². The van der Waals surface area contributed by atoms with Gasteiger partial charge in [0.15, 0.2) is 0 Å². The van der Waals surface area contributed by atoms with E-state index >= 15 is 0 Å². The number of methoxy groups -OCH3 is 1. The number of nitrogens with one attached hydrogen (secondary N) is 1. The molecule has 3 heterocycles. The van der Waals surface area contributed by atoms with Crippen molar-refractivity contribution in [1.29, 1.82) is 0 Å². The molecule has 2 fully saturated rings. The number of nitrogens with zero attached hydrogens (tertiary/aromatic N) is 4. The van der Waals surface area contributed by atoms with Crippen molar-refractivity contribution >= 4 is 5.91 Å². The Hall–Kier alpha value is -2.54. The first kappa shape index (κ1) is 16.0. The monoisotopic (exact) mass is 339 g/mol. The molecule has 1 aliphatic carbocycles. The van der Waals surface area contributed by atoms with Crippen LogP contribution < -0.4 is 10.1 Å². The number of amides is 1. The Kier molecular flexibility index (Phi) is 4.31. The normalized spacial score (nSPS) is 23.1. The molecule has 7 heteroatoms. The fourth-order valence-corrected chi connectivity index (χ4v) is 3.45. The first-order valence-corrected chi connectivity index (χ1v) is 8.57. The van der Waals surface area contributed by atoms with Crippen LogP contribution in [0.3, 0.4) is 0 Å². The Balaban J connectivity index is 1.51. The van der Waals surface area contributed by atoms with Crippen molar-refractivity contribution in [2.75, 3.05) is 7.11 Å². The Morgan fingerprint density at radius 1 is 1.28 bits per heavy atom. The van der Waals surface area contributed by atoms with Crippen molar-refractivity contribution in [3.05, 3.63) is 47.9 Å². The van der Waals surface area contributed by atoms with E-state index in [0.717, 1.165) is 24.1 Å². The first-order chi connectivity index (χ1) is 12.3. The molecule has 7 nitrogen and oxygen atoms in total. The highest BCUT2D eigenvalue weighted by Gasteiger charge is 2.47. The lowest BCUT2D eigenvalue weighted by Crippen LogP contribution is -2.37. The van der Waals surface area contributed by atoms with E-state index in [2.05, 4.69) is 20.5 Å². The Bertz CT molecular complexity index is 733. The maximum absolute atomic E-state index is 12.6. The average molecular weight is 339 g/mol. The molecule has 0 bridgehead atoms. The molecule has 130 valence electrons. The topological polar surface area (TPSA) is 80.2 Å². The predicted octanol–water partition coefficient (Wildman–Crippen LogP) is 1.47. The summed E-state index contributed by atoms with van der Waals surface area (Å²) in [5, 5.41) is 11.6. The largest absolute Gasteiger partial charge is 0.480 e. The molecule has 1 N–H and O–H groups in total. The van der Waals surface area contributed by atoms with Crippen LogP contribution >= 0.6 is 0 Å². The fraction of sp³-hybridized carbons (Fsp3) is 0.444. The van der Waals surface area contributed by atoms with E-state index in [9.17, 15) is 4.79 Å². The molecule has 0 spiro atoms. The SMILES string of the molecule is COc1ccc(CN[C@@H]2CC(=O)N(C3CC3)[C@H]2c2cccnc2)nn1. The van der Waals surface area contributed by atoms with Crippen molar-refractivity contribution in [2.24, 2.45) is 0 Å². The van der Waals surface area contributed by atoms with E-state index in [0.29, 0.717) is 24.9 Å². The van der Waals surface area contributed by atoms with Gasteiger partial charge in [0.1, 0.15) is 0 Å². The molecule has 2 aliphatic rings. The van der Waals surface area contributed by atoms with Gasteiger partial charge in [-0.1, -0.05) is 6.07 Å². The fourth-order valence-electron chi connectivity index (χ4n) is 3.45. The summed E-state index contributed by atoms with van der Waals surface area (Å²) in [6.45, 7) is 0.560. The molecule has 4 rings (SSSR count). The number of hydrogen-bond acceptors (Lipinski definition) is 6. The number of likely N-dealkylation sites (tertiary alicyclic amines) is 1. The summed E-state index contributed by atoms with van der Waals surface area (Å²) in [5.41, 5.74) is 1.90. The maximum Gasteiger partial charge on any atom is 0.233 e. The maximum atomic E-state index is 12.6. The minimum Gasteiger partial charge on any atom is -0.480 e. The van der Waals surface area contributed by atoms with E-state index in [4.69, 9.17) is 4.74 Å². The van der Waals surface area contributed by atoms with Crippen molar-refractivity contribution in [2.45, 2.75) is 43.9 Å². The van der Waals surface area contributed by atoms with Gasteiger partial charge in [-0.15, -0.1) is 5.10 Å². The zero-order chi connectivity index (χ0) is 17.2. The first-order valence-electron chi connectivity index (χ1n) is 8.57. The summed E-state index contributed by atoms with van der Waals surface area (Å²) in [6.07, 6.45) is 6.32. The number of carbonyl (C=O) groups is 1. The van der Waals surface area contributed by atoms with E-state index < -0.39 is 0 Å². The van der Waals surface area contributed by atoms with Crippen LogP contribution in [0.2, 0.25) is 0 Å². The molecule has 2 aromatic heterocycles. The lowest BCUT2D eigenvalue weighted by atomic mass is 10.0. The highest BCUT2D eigenvalue weighted by molar-refractivity contribution is 5.81. The van der Waals surface area contributed by atoms with Crippen LogP contribution in [-0.2, 0) is 11.3 Å². The molecule has 1 aliphatic heterocycles. The number of carbonyl (C=O) groups excluding carboxylic acids is 1. The van der Waals surface area contributed by atoms with E-state index in [1.807, 2.05) is 29.3 Å². The summed E-state index contributed by atoms with van der Waals surface area (Å²) in [4.78, 5) is 18.9. The third kappa shape index (κ3) is 3.32. The lowest BCUT2D eigenvalue weighted by molar-refractivity contribution is -0.129. The molecule has 0 unspecified atom stereocenters. The smallest absolute Gasteiger partial charge is 0.233 e. The van der Waals surface area contributed by atoms with Gasteiger partial charge in [0.2, 0.25) is 11.8 Å². The summed E-state index contributed by atoms with van der Waals surface area (Å²) < 4.78 is 5.03. The van der Waals surface area contributed by atoms with Crippen molar-refractivity contribution in [3.63, 3.8) is 0 Å². The summed E-state index contributed by atoms with van der Waals surface area (Å²) in [5.74, 6) is 0.711. The predicted molar refractivity (Wildman–Crippen MR) is 90.7 cm³/mol. The molecule has 0 radical (unpaired) electrons. The standard InChI is InChI=1S/C18H21N5O2/c1-25-16-7-4-13(21-22-16)11-20-15-9-17(24)23(14-5-6-14)18(15)12-3-2-8-19-10-12/h2-4,7-8,10,14-15,18,20H,5-6,9,11H2,1H3/t15-,18+/m1/s1. The minimum atomic E-state index is 0.0277. The minimum absolute atomic E-state index is 0.0277. The van der Waals surface area contributed by atoms with Crippen molar-refractivity contribution < 1.29 is 9.53 Å². The van der Waals surface area contributed by atoms with Gasteiger partial charge in [0.05, 0.1) is 18.8 Å². The van der Waals surface area contributed by atoms with Crippen molar-refractivity contribution in [3.8, 4) is 5.88 Å². The third-order valence-corrected chi connectivity index (χ3v) is 4.78. The van der Waals surface area contributed by atoms with Crippen LogP contribution in [0, 0.1) is 0 Å². The van der Waals surface area contributed by atoms with Crippen LogP contribution in [0.15, 0.2) is 36.7 Å². The Morgan fingerprint density at radius 3 is 2.80 bits per heavy atom.